The summed E-state index contributed by atoms with van der Waals surface area (Å²) in [7, 11) is -0.595. The first-order chi connectivity index (χ1) is 7.97. The summed E-state index contributed by atoms with van der Waals surface area (Å²) in [6, 6.07) is 0. The molecule has 0 aliphatic carbocycles. The summed E-state index contributed by atoms with van der Waals surface area (Å²) >= 11 is 5.86. The van der Waals surface area contributed by atoms with Crippen molar-refractivity contribution in [2.75, 3.05) is 49.8 Å². The summed E-state index contributed by atoms with van der Waals surface area (Å²) < 4.78 is 2.57. The molecule has 1 fully saturated rings. The molecule has 0 spiro atoms. The molecule has 0 N–H and O–H groups in total. The van der Waals surface area contributed by atoms with E-state index in [1.807, 2.05) is 0 Å². The van der Waals surface area contributed by atoms with E-state index in [4.69, 9.17) is 11.6 Å². The number of rotatable bonds is 2. The number of nitrogens with zero attached hydrogens (tertiary/aromatic N) is 4. The fraction of sp³-hybridized carbons (Fsp3) is 0.636. The minimum atomic E-state index is -0.595. The minimum Gasteiger partial charge on any atom is -0.353 e. The highest BCUT2D eigenvalue weighted by Gasteiger charge is 2.23. The first-order valence-corrected chi connectivity index (χ1v) is 8.82. The van der Waals surface area contributed by atoms with Gasteiger partial charge in [0.1, 0.15) is 11.0 Å². The monoisotopic (exact) mass is 274 g/mol. The summed E-state index contributed by atoms with van der Waals surface area (Å²) in [5, 5.41) is 0.464. The SMILES string of the molecule is CS(C)(C)N1CCN(c2cncc(Cl)n2)CC1. The number of aromatic nitrogens is 2. The lowest BCUT2D eigenvalue weighted by Gasteiger charge is -2.45. The van der Waals surface area contributed by atoms with Crippen molar-refractivity contribution in [3.63, 3.8) is 0 Å². The van der Waals surface area contributed by atoms with Gasteiger partial charge in [0.25, 0.3) is 0 Å². The van der Waals surface area contributed by atoms with Gasteiger partial charge in [-0.2, -0.15) is 10.2 Å². The van der Waals surface area contributed by atoms with Crippen molar-refractivity contribution in [1.82, 2.24) is 14.3 Å². The van der Waals surface area contributed by atoms with Crippen LogP contribution in [0.3, 0.4) is 0 Å². The Hall–Kier alpha value is -0.520. The quantitative estimate of drug-likeness (QED) is 0.824. The summed E-state index contributed by atoms with van der Waals surface area (Å²) in [6.45, 7) is 4.18. The van der Waals surface area contributed by atoms with Gasteiger partial charge in [-0.1, -0.05) is 11.6 Å². The van der Waals surface area contributed by atoms with Crippen molar-refractivity contribution in [2.24, 2.45) is 0 Å². The van der Waals surface area contributed by atoms with Gasteiger partial charge in [0.2, 0.25) is 0 Å². The van der Waals surface area contributed by atoms with Crippen LogP contribution in [0.25, 0.3) is 0 Å². The maximum atomic E-state index is 5.86. The zero-order valence-electron chi connectivity index (χ0n) is 10.6. The highest BCUT2D eigenvalue weighted by molar-refractivity contribution is 8.30. The Morgan fingerprint density at radius 2 is 1.76 bits per heavy atom. The van der Waals surface area contributed by atoms with Crippen molar-refractivity contribution in [2.45, 2.75) is 0 Å². The first kappa shape index (κ1) is 12.9. The number of halogens is 1. The Kier molecular flexibility index (Phi) is 3.80. The first-order valence-electron chi connectivity index (χ1n) is 5.63. The van der Waals surface area contributed by atoms with E-state index < -0.39 is 10.2 Å². The van der Waals surface area contributed by atoms with E-state index >= 15 is 0 Å². The Morgan fingerprint density at radius 3 is 2.29 bits per heavy atom. The summed E-state index contributed by atoms with van der Waals surface area (Å²) in [4.78, 5) is 10.6. The van der Waals surface area contributed by atoms with Crippen LogP contribution in [0, 0.1) is 0 Å². The second-order valence-corrected chi connectivity index (χ2v) is 9.34. The van der Waals surface area contributed by atoms with Crippen LogP contribution in [0.5, 0.6) is 0 Å². The fourth-order valence-corrected chi connectivity index (χ4v) is 3.35. The standard InChI is InChI=1S/C11H19ClN4S/c1-17(2,3)16-6-4-15(5-7-16)11-9-13-8-10(12)14-11/h8-9H,4-7H2,1-3H3. The lowest BCUT2D eigenvalue weighted by molar-refractivity contribution is 0.420. The molecule has 0 saturated carbocycles. The maximum Gasteiger partial charge on any atom is 0.149 e. The van der Waals surface area contributed by atoms with E-state index in [0.717, 1.165) is 32.0 Å². The molecule has 1 saturated heterocycles. The Labute approximate surface area is 109 Å². The molecular weight excluding hydrogens is 256 g/mol. The van der Waals surface area contributed by atoms with Crippen LogP contribution in [0.15, 0.2) is 12.4 Å². The molecule has 0 bridgehead atoms. The van der Waals surface area contributed by atoms with Crippen LogP contribution in [-0.4, -0.2) is 59.2 Å². The van der Waals surface area contributed by atoms with Crippen molar-refractivity contribution >= 4 is 27.6 Å². The largest absolute Gasteiger partial charge is 0.353 e. The highest BCUT2D eigenvalue weighted by atomic mass is 35.5. The molecule has 0 radical (unpaired) electrons. The Morgan fingerprint density at radius 1 is 1.12 bits per heavy atom. The Bertz CT molecular complexity index is 385. The smallest absolute Gasteiger partial charge is 0.149 e. The van der Waals surface area contributed by atoms with Gasteiger partial charge in [0.05, 0.1) is 12.4 Å². The van der Waals surface area contributed by atoms with Crippen molar-refractivity contribution < 1.29 is 0 Å². The van der Waals surface area contributed by atoms with Crippen LogP contribution in [0.4, 0.5) is 5.82 Å². The van der Waals surface area contributed by atoms with Gasteiger partial charge in [0.15, 0.2) is 0 Å². The van der Waals surface area contributed by atoms with Crippen LogP contribution >= 0.6 is 21.8 Å². The number of hydrogen-bond acceptors (Lipinski definition) is 4. The lowest BCUT2D eigenvalue weighted by atomic mass is 10.3. The average molecular weight is 275 g/mol. The number of anilines is 1. The van der Waals surface area contributed by atoms with Gasteiger partial charge in [-0.3, -0.25) is 9.29 Å². The zero-order chi connectivity index (χ0) is 12.5. The average Bonchev–Trinajstić information content (AvgIpc) is 2.28. The molecule has 96 valence electrons. The summed E-state index contributed by atoms with van der Waals surface area (Å²) in [5.74, 6) is 0.890. The lowest BCUT2D eigenvalue weighted by Crippen LogP contribution is -2.47. The normalized spacial score (nSPS) is 19.4. The third-order valence-electron chi connectivity index (χ3n) is 2.93. The van der Waals surface area contributed by atoms with E-state index in [-0.39, 0.29) is 0 Å². The molecule has 1 aliphatic heterocycles. The van der Waals surface area contributed by atoms with Crippen LogP contribution in [0.1, 0.15) is 0 Å². The summed E-state index contributed by atoms with van der Waals surface area (Å²) in [5.41, 5.74) is 0. The molecule has 17 heavy (non-hydrogen) atoms. The van der Waals surface area contributed by atoms with Gasteiger partial charge < -0.3 is 4.90 Å². The highest BCUT2D eigenvalue weighted by Crippen LogP contribution is 2.40. The second kappa shape index (κ2) is 5.00. The van der Waals surface area contributed by atoms with Gasteiger partial charge in [-0.15, -0.1) is 0 Å². The van der Waals surface area contributed by atoms with Crippen LogP contribution in [0.2, 0.25) is 5.15 Å². The van der Waals surface area contributed by atoms with E-state index in [0.29, 0.717) is 5.15 Å². The van der Waals surface area contributed by atoms with Crippen molar-refractivity contribution in [1.29, 1.82) is 0 Å². The predicted molar refractivity (Wildman–Crippen MR) is 76.2 cm³/mol. The number of hydrogen-bond donors (Lipinski definition) is 0. The Balaban J connectivity index is 2.00. The second-order valence-electron chi connectivity index (χ2n) is 4.89. The van der Waals surface area contributed by atoms with E-state index in [1.165, 1.54) is 0 Å². The maximum absolute atomic E-state index is 5.86. The van der Waals surface area contributed by atoms with Gasteiger partial charge in [0, 0.05) is 26.2 Å². The van der Waals surface area contributed by atoms with Gasteiger partial charge in [-0.05, 0) is 18.8 Å². The number of piperazine rings is 1. The summed E-state index contributed by atoms with van der Waals surface area (Å²) in [6.07, 6.45) is 10.4. The van der Waals surface area contributed by atoms with E-state index in [9.17, 15) is 0 Å². The third-order valence-corrected chi connectivity index (χ3v) is 5.03. The fourth-order valence-electron chi connectivity index (χ4n) is 1.95. The van der Waals surface area contributed by atoms with Crippen LogP contribution in [-0.2, 0) is 0 Å². The molecular formula is C11H19ClN4S. The molecule has 0 aromatic carbocycles. The molecule has 0 atom stereocenters. The van der Waals surface area contributed by atoms with Gasteiger partial charge >= 0.3 is 0 Å². The molecule has 1 aromatic heterocycles. The molecule has 2 heterocycles. The van der Waals surface area contributed by atoms with E-state index in [2.05, 4.69) is 37.9 Å². The topological polar surface area (TPSA) is 32.3 Å². The van der Waals surface area contributed by atoms with Gasteiger partial charge in [-0.25, -0.2) is 4.98 Å². The molecule has 1 aliphatic rings. The molecule has 6 heteroatoms. The van der Waals surface area contributed by atoms with E-state index in [1.54, 1.807) is 12.4 Å². The van der Waals surface area contributed by atoms with Crippen molar-refractivity contribution in [3.05, 3.63) is 17.5 Å². The minimum absolute atomic E-state index is 0.464. The molecule has 4 nitrogen and oxygen atoms in total. The molecule has 0 unspecified atom stereocenters. The molecule has 2 rings (SSSR count). The third kappa shape index (κ3) is 3.24. The zero-order valence-corrected chi connectivity index (χ0v) is 12.1. The van der Waals surface area contributed by atoms with Crippen LogP contribution < -0.4 is 4.90 Å². The van der Waals surface area contributed by atoms with Crippen molar-refractivity contribution in [3.8, 4) is 0 Å². The molecule has 0 amide bonds. The molecule has 1 aromatic rings. The predicted octanol–water partition coefficient (Wildman–Crippen LogP) is 1.86.